The van der Waals surface area contributed by atoms with Gasteiger partial charge in [-0.15, -0.1) is 0 Å². The van der Waals surface area contributed by atoms with Gasteiger partial charge in [0.15, 0.2) is 0 Å². The van der Waals surface area contributed by atoms with Gasteiger partial charge in [-0.1, -0.05) is 39.0 Å². The molecule has 0 saturated heterocycles. The maximum Gasteiger partial charge on any atom is 0.338 e. The lowest BCUT2D eigenvalue weighted by molar-refractivity contribution is -0.153. The number of carbonyl (C=O) groups excluding carboxylic acids is 2. The Balaban J connectivity index is 2.84. The Morgan fingerprint density at radius 3 is 2.23 bits per heavy atom. The molecule has 2 unspecified atom stereocenters. The molecule has 4 heteroatoms. The van der Waals surface area contributed by atoms with Crippen LogP contribution in [0.1, 0.15) is 50.9 Å². The molecule has 0 aliphatic rings. The number of hydrogen-bond acceptors (Lipinski definition) is 4. The molecule has 0 radical (unpaired) electrons. The summed E-state index contributed by atoms with van der Waals surface area (Å²) in [5, 5.41) is 0. The summed E-state index contributed by atoms with van der Waals surface area (Å²) >= 11 is 0. The number of hydrogen-bond donors (Lipinski definition) is 0. The molecule has 1 aromatic rings. The predicted molar refractivity (Wildman–Crippen MR) is 85.5 cm³/mol. The normalized spacial score (nSPS) is 13.5. The lowest BCUT2D eigenvalue weighted by Crippen LogP contribution is -2.34. The van der Waals surface area contributed by atoms with Crippen LogP contribution in [0.15, 0.2) is 30.3 Å². The van der Waals surface area contributed by atoms with E-state index in [1.54, 1.807) is 31.2 Å². The van der Waals surface area contributed by atoms with E-state index in [-0.39, 0.29) is 5.97 Å². The van der Waals surface area contributed by atoms with Gasteiger partial charge in [-0.2, -0.15) is 0 Å². The van der Waals surface area contributed by atoms with E-state index in [4.69, 9.17) is 9.47 Å². The molecule has 1 rings (SSSR count). The molecule has 0 aromatic heterocycles. The molecule has 0 aliphatic carbocycles. The quantitative estimate of drug-likeness (QED) is 0.685. The molecular weight excluding hydrogens is 280 g/mol. The van der Waals surface area contributed by atoms with E-state index in [9.17, 15) is 9.59 Å². The average molecular weight is 306 g/mol. The fourth-order valence-electron chi connectivity index (χ4n) is 2.39. The first kappa shape index (κ1) is 18.2. The molecule has 0 heterocycles. The first-order valence-electron chi connectivity index (χ1n) is 7.92. The van der Waals surface area contributed by atoms with E-state index in [0.717, 1.165) is 0 Å². The largest absolute Gasteiger partial charge is 0.466 e. The average Bonchev–Trinajstić information content (AvgIpc) is 2.51. The molecule has 0 saturated carbocycles. The highest BCUT2D eigenvalue weighted by atomic mass is 16.6. The molecule has 1 aromatic carbocycles. The standard InChI is InChI=1S/C18H26O4/c1-5-16(15(12-13(3)4)18(20)21-6-2)22-17(19)14-10-8-7-9-11-14/h7-11,13,15-16H,5-6,12H2,1-4H3. The van der Waals surface area contributed by atoms with Gasteiger partial charge >= 0.3 is 11.9 Å². The van der Waals surface area contributed by atoms with Crippen LogP contribution in [-0.2, 0) is 14.3 Å². The van der Waals surface area contributed by atoms with Crippen LogP contribution >= 0.6 is 0 Å². The van der Waals surface area contributed by atoms with E-state index in [1.807, 2.05) is 26.8 Å². The van der Waals surface area contributed by atoms with E-state index in [2.05, 4.69) is 0 Å². The molecule has 122 valence electrons. The second kappa shape index (κ2) is 9.23. The van der Waals surface area contributed by atoms with Crippen LogP contribution in [0.2, 0.25) is 0 Å². The lowest BCUT2D eigenvalue weighted by Gasteiger charge is -2.26. The van der Waals surface area contributed by atoms with Gasteiger partial charge < -0.3 is 9.47 Å². The van der Waals surface area contributed by atoms with Gasteiger partial charge in [-0.3, -0.25) is 4.79 Å². The Kier molecular flexibility index (Phi) is 7.64. The zero-order chi connectivity index (χ0) is 16.5. The SMILES string of the molecule is CCOC(=O)C(CC(C)C)C(CC)OC(=O)c1ccccc1. The van der Waals surface area contributed by atoms with Crippen LogP contribution < -0.4 is 0 Å². The Morgan fingerprint density at radius 2 is 1.73 bits per heavy atom. The van der Waals surface area contributed by atoms with E-state index in [0.29, 0.717) is 30.9 Å². The first-order chi connectivity index (χ1) is 10.5. The number of carbonyl (C=O) groups is 2. The van der Waals surface area contributed by atoms with E-state index in [1.165, 1.54) is 0 Å². The minimum atomic E-state index is -0.464. The predicted octanol–water partition coefficient (Wildman–Crippen LogP) is 3.85. The Bertz CT molecular complexity index is 467. The van der Waals surface area contributed by atoms with Gasteiger partial charge in [-0.25, -0.2) is 4.79 Å². The molecule has 0 N–H and O–H groups in total. The van der Waals surface area contributed by atoms with Crippen molar-refractivity contribution < 1.29 is 19.1 Å². The number of ether oxygens (including phenoxy) is 2. The summed E-state index contributed by atoms with van der Waals surface area (Å²) in [5.41, 5.74) is 0.494. The van der Waals surface area contributed by atoms with Gasteiger partial charge in [-0.05, 0) is 37.8 Å². The molecule has 0 fully saturated rings. The Labute approximate surface area is 132 Å². The van der Waals surface area contributed by atoms with Crippen molar-refractivity contribution in [2.24, 2.45) is 11.8 Å². The van der Waals surface area contributed by atoms with Crippen molar-refractivity contribution >= 4 is 11.9 Å². The summed E-state index contributed by atoms with van der Waals surface area (Å²) in [4.78, 5) is 24.4. The highest BCUT2D eigenvalue weighted by Crippen LogP contribution is 2.23. The van der Waals surface area contributed by atoms with Crippen LogP contribution in [0.3, 0.4) is 0 Å². The van der Waals surface area contributed by atoms with Crippen molar-refractivity contribution in [3.8, 4) is 0 Å². The van der Waals surface area contributed by atoms with Crippen LogP contribution in [0, 0.1) is 11.8 Å². The molecule has 0 aliphatic heterocycles. The van der Waals surface area contributed by atoms with Crippen LogP contribution in [-0.4, -0.2) is 24.6 Å². The van der Waals surface area contributed by atoms with Gasteiger partial charge in [0.25, 0.3) is 0 Å². The third-order valence-corrected chi connectivity index (χ3v) is 3.43. The van der Waals surface area contributed by atoms with E-state index >= 15 is 0 Å². The fourth-order valence-corrected chi connectivity index (χ4v) is 2.39. The van der Waals surface area contributed by atoms with Crippen molar-refractivity contribution in [3.05, 3.63) is 35.9 Å². The highest BCUT2D eigenvalue weighted by molar-refractivity contribution is 5.89. The maximum atomic E-state index is 12.2. The monoisotopic (exact) mass is 306 g/mol. The van der Waals surface area contributed by atoms with Gasteiger partial charge in [0.05, 0.1) is 18.1 Å². The van der Waals surface area contributed by atoms with Crippen molar-refractivity contribution in [3.63, 3.8) is 0 Å². The minimum absolute atomic E-state index is 0.288. The molecule has 2 atom stereocenters. The second-order valence-electron chi connectivity index (χ2n) is 5.71. The van der Waals surface area contributed by atoms with Crippen molar-refractivity contribution in [2.45, 2.75) is 46.6 Å². The Hall–Kier alpha value is -1.84. The number of benzene rings is 1. The third kappa shape index (κ3) is 5.51. The molecule has 4 nitrogen and oxygen atoms in total. The summed E-state index contributed by atoms with van der Waals surface area (Å²) in [7, 11) is 0. The second-order valence-corrected chi connectivity index (χ2v) is 5.71. The van der Waals surface area contributed by atoms with E-state index < -0.39 is 18.0 Å². The van der Waals surface area contributed by atoms with Gasteiger partial charge in [0.1, 0.15) is 6.10 Å². The minimum Gasteiger partial charge on any atom is -0.466 e. The highest BCUT2D eigenvalue weighted by Gasteiger charge is 2.32. The third-order valence-electron chi connectivity index (χ3n) is 3.43. The summed E-state index contributed by atoms with van der Waals surface area (Å²) in [6.07, 6.45) is 0.753. The van der Waals surface area contributed by atoms with Gasteiger partial charge in [0.2, 0.25) is 0 Å². The number of rotatable bonds is 8. The summed E-state index contributed by atoms with van der Waals surface area (Å²) in [6, 6.07) is 8.82. The smallest absolute Gasteiger partial charge is 0.338 e. The molecule has 0 bridgehead atoms. The fraction of sp³-hybridized carbons (Fsp3) is 0.556. The van der Waals surface area contributed by atoms with Crippen LogP contribution in [0.4, 0.5) is 0 Å². The molecule has 0 spiro atoms. The summed E-state index contributed by atoms with van der Waals surface area (Å²) < 4.78 is 10.7. The van der Waals surface area contributed by atoms with Crippen LogP contribution in [0.5, 0.6) is 0 Å². The van der Waals surface area contributed by atoms with Gasteiger partial charge in [0, 0.05) is 0 Å². The zero-order valence-electron chi connectivity index (χ0n) is 13.9. The topological polar surface area (TPSA) is 52.6 Å². The zero-order valence-corrected chi connectivity index (χ0v) is 13.9. The summed E-state index contributed by atoms with van der Waals surface area (Å²) in [5.74, 6) is -0.786. The molecule has 0 amide bonds. The molecular formula is C18H26O4. The Morgan fingerprint density at radius 1 is 1.09 bits per heavy atom. The molecule has 22 heavy (non-hydrogen) atoms. The lowest BCUT2D eigenvalue weighted by atomic mass is 9.90. The summed E-state index contributed by atoms with van der Waals surface area (Å²) in [6.45, 7) is 8.10. The van der Waals surface area contributed by atoms with Crippen molar-refractivity contribution in [1.82, 2.24) is 0 Å². The maximum absolute atomic E-state index is 12.2. The van der Waals surface area contributed by atoms with Crippen molar-refractivity contribution in [2.75, 3.05) is 6.61 Å². The van der Waals surface area contributed by atoms with Crippen LogP contribution in [0.25, 0.3) is 0 Å². The first-order valence-corrected chi connectivity index (χ1v) is 7.92. The number of esters is 2. The van der Waals surface area contributed by atoms with Crippen molar-refractivity contribution in [1.29, 1.82) is 0 Å².